The molecule has 0 atom stereocenters. The molecule has 0 rings (SSSR count). The molecule has 0 aliphatic heterocycles. The quantitative estimate of drug-likeness (QED) is 0.561. The smallest absolute Gasteiger partial charge is 0.246 e. The van der Waals surface area contributed by atoms with Gasteiger partial charge in [0.2, 0.25) is 5.91 Å². The topological polar surface area (TPSA) is 29.1 Å². The van der Waals surface area contributed by atoms with E-state index in [1.807, 2.05) is 19.1 Å². The van der Waals surface area contributed by atoms with Crippen LogP contribution in [-0.2, 0) is 4.79 Å². The molecule has 0 saturated heterocycles. The van der Waals surface area contributed by atoms with Gasteiger partial charge in [-0.15, -0.1) is 0 Å². The number of rotatable bonds is 3. The molecule has 1 N–H and O–H groups in total. The maximum Gasteiger partial charge on any atom is 0.246 e. The van der Waals surface area contributed by atoms with Gasteiger partial charge in [-0.1, -0.05) is 45.4 Å². The minimum absolute atomic E-state index is 0.00968. The van der Waals surface area contributed by atoms with Gasteiger partial charge in [-0.3, -0.25) is 4.79 Å². The second-order valence-electron chi connectivity index (χ2n) is 4.72. The highest BCUT2D eigenvalue weighted by molar-refractivity contribution is 5.93. The van der Waals surface area contributed by atoms with Crippen molar-refractivity contribution >= 4 is 5.91 Å². The fourth-order valence-electron chi connectivity index (χ4n) is 0.990. The van der Waals surface area contributed by atoms with Crippen LogP contribution in [0.2, 0.25) is 0 Å². The number of nitrogens with one attached hydrogen (secondary N) is 1. The number of hydrogen-bond donors (Lipinski definition) is 1. The van der Waals surface area contributed by atoms with E-state index in [-0.39, 0.29) is 11.3 Å². The van der Waals surface area contributed by atoms with E-state index < -0.39 is 0 Å². The number of carbonyl (C=O) groups excluding carboxylic acids is 1. The minimum atomic E-state index is 0.00968. The third-order valence-corrected chi connectivity index (χ3v) is 2.62. The van der Waals surface area contributed by atoms with Gasteiger partial charge in [0.25, 0.3) is 0 Å². The van der Waals surface area contributed by atoms with E-state index in [2.05, 4.69) is 33.0 Å². The highest BCUT2D eigenvalue weighted by atomic mass is 16.1. The molecule has 0 heterocycles. The molecular formula is C13H23NO. The Kier molecular flexibility index (Phi) is 5.34. The van der Waals surface area contributed by atoms with Crippen molar-refractivity contribution in [2.24, 2.45) is 5.41 Å². The van der Waals surface area contributed by atoms with E-state index in [0.29, 0.717) is 0 Å². The van der Waals surface area contributed by atoms with Crippen molar-refractivity contribution in [1.29, 1.82) is 0 Å². The molecule has 0 fully saturated rings. The Morgan fingerprint density at radius 3 is 2.13 bits per heavy atom. The van der Waals surface area contributed by atoms with Crippen LogP contribution >= 0.6 is 0 Å². The van der Waals surface area contributed by atoms with E-state index >= 15 is 0 Å². The molecule has 0 bridgehead atoms. The summed E-state index contributed by atoms with van der Waals surface area (Å²) < 4.78 is 0. The van der Waals surface area contributed by atoms with Gasteiger partial charge < -0.3 is 5.32 Å². The molecule has 2 heteroatoms. The van der Waals surface area contributed by atoms with Crippen molar-refractivity contribution in [1.82, 2.24) is 5.32 Å². The third kappa shape index (κ3) is 4.82. The van der Waals surface area contributed by atoms with Crippen LogP contribution in [0.5, 0.6) is 0 Å². The highest BCUT2D eigenvalue weighted by Crippen LogP contribution is 2.24. The van der Waals surface area contributed by atoms with Crippen molar-refractivity contribution in [2.45, 2.75) is 41.0 Å². The van der Waals surface area contributed by atoms with Gasteiger partial charge in [0.15, 0.2) is 0 Å². The zero-order valence-corrected chi connectivity index (χ0v) is 10.8. The largest absolute Gasteiger partial charge is 0.355 e. The molecule has 86 valence electrons. The summed E-state index contributed by atoms with van der Waals surface area (Å²) in [5, 5.41) is 2.64. The number of likely N-dealkylation sites (N-methyl/N-ethyl adjacent to an activating group) is 1. The van der Waals surface area contributed by atoms with Gasteiger partial charge in [-0.25, -0.2) is 0 Å². The summed E-state index contributed by atoms with van der Waals surface area (Å²) in [4.78, 5) is 11.4. The van der Waals surface area contributed by atoms with Crippen molar-refractivity contribution < 1.29 is 4.79 Å². The van der Waals surface area contributed by atoms with Gasteiger partial charge in [0.05, 0.1) is 0 Å². The van der Waals surface area contributed by atoms with Crippen LogP contribution < -0.4 is 5.32 Å². The van der Waals surface area contributed by atoms with Crippen LogP contribution in [0.3, 0.4) is 0 Å². The molecule has 0 spiro atoms. The van der Waals surface area contributed by atoms with Gasteiger partial charge in [0.1, 0.15) is 0 Å². The molecule has 0 aromatic heterocycles. The average molecular weight is 209 g/mol. The maximum atomic E-state index is 11.4. The van der Waals surface area contributed by atoms with Gasteiger partial charge in [0, 0.05) is 12.6 Å². The lowest BCUT2D eigenvalue weighted by Crippen LogP contribution is -2.19. The Morgan fingerprint density at radius 2 is 1.80 bits per heavy atom. The summed E-state index contributed by atoms with van der Waals surface area (Å²) in [6, 6.07) is 0. The van der Waals surface area contributed by atoms with E-state index in [0.717, 1.165) is 12.0 Å². The van der Waals surface area contributed by atoms with Crippen molar-refractivity contribution in [2.75, 3.05) is 7.05 Å². The number of allylic oxidation sites excluding steroid dienone is 3. The van der Waals surface area contributed by atoms with Crippen LogP contribution in [-0.4, -0.2) is 13.0 Å². The van der Waals surface area contributed by atoms with Crippen LogP contribution in [0.15, 0.2) is 23.3 Å². The van der Waals surface area contributed by atoms with E-state index in [4.69, 9.17) is 0 Å². The molecule has 1 amide bonds. The highest BCUT2D eigenvalue weighted by Gasteiger charge is 2.11. The van der Waals surface area contributed by atoms with Crippen molar-refractivity contribution in [3.63, 3.8) is 0 Å². The average Bonchev–Trinajstić information content (AvgIpc) is 2.16. The second kappa shape index (κ2) is 5.74. The summed E-state index contributed by atoms with van der Waals surface area (Å²) >= 11 is 0. The molecule has 0 aromatic carbocycles. The third-order valence-electron chi connectivity index (χ3n) is 2.62. The Bertz CT molecular complexity index is 279. The molecule has 15 heavy (non-hydrogen) atoms. The Hall–Kier alpha value is -1.05. The molecule has 0 aliphatic carbocycles. The summed E-state index contributed by atoms with van der Waals surface area (Å²) in [5.41, 5.74) is 2.26. The Labute approximate surface area is 93.5 Å². The van der Waals surface area contributed by atoms with E-state index in [1.54, 1.807) is 7.05 Å². The zero-order valence-electron chi connectivity index (χ0n) is 10.8. The minimum Gasteiger partial charge on any atom is -0.355 e. The van der Waals surface area contributed by atoms with Crippen LogP contribution in [0.4, 0.5) is 0 Å². The first-order chi connectivity index (χ1) is 6.82. The standard InChI is InChI=1S/C13H23NO/c1-7-11(12(15)14-6)9-8-10(2)13(3,4)5/h8-9H,7H2,1-6H3,(H,14,15)/b10-8+,11-9+. The van der Waals surface area contributed by atoms with Crippen LogP contribution in [0.25, 0.3) is 0 Å². The SMILES string of the molecule is CC/C(=C\C=C(/C)C(C)(C)C)C(=O)NC. The summed E-state index contributed by atoms with van der Waals surface area (Å²) in [7, 11) is 1.66. The molecular weight excluding hydrogens is 186 g/mol. The first-order valence-corrected chi connectivity index (χ1v) is 5.43. The Balaban J connectivity index is 4.81. The first kappa shape index (κ1) is 13.9. The number of carbonyl (C=O) groups is 1. The van der Waals surface area contributed by atoms with Crippen LogP contribution in [0, 0.1) is 5.41 Å². The first-order valence-electron chi connectivity index (χ1n) is 5.43. The van der Waals surface area contributed by atoms with Gasteiger partial charge in [-0.05, 0) is 18.8 Å². The number of hydrogen-bond acceptors (Lipinski definition) is 1. The molecule has 0 saturated carbocycles. The van der Waals surface area contributed by atoms with Crippen molar-refractivity contribution in [3.8, 4) is 0 Å². The number of amides is 1. The molecule has 0 radical (unpaired) electrons. The zero-order chi connectivity index (χ0) is 12.1. The van der Waals surface area contributed by atoms with E-state index in [1.165, 1.54) is 5.57 Å². The van der Waals surface area contributed by atoms with Crippen LogP contribution in [0.1, 0.15) is 41.0 Å². The summed E-state index contributed by atoms with van der Waals surface area (Å²) in [6.07, 6.45) is 4.71. The monoisotopic (exact) mass is 209 g/mol. The Morgan fingerprint density at radius 1 is 1.27 bits per heavy atom. The fraction of sp³-hybridized carbons (Fsp3) is 0.615. The predicted molar refractivity (Wildman–Crippen MR) is 65.7 cm³/mol. The lowest BCUT2D eigenvalue weighted by molar-refractivity contribution is -0.117. The lowest BCUT2D eigenvalue weighted by atomic mass is 9.87. The maximum absolute atomic E-state index is 11.4. The lowest BCUT2D eigenvalue weighted by Gasteiger charge is -2.18. The van der Waals surface area contributed by atoms with Gasteiger partial charge in [-0.2, -0.15) is 0 Å². The van der Waals surface area contributed by atoms with Crippen molar-refractivity contribution in [3.05, 3.63) is 23.3 Å². The molecule has 0 aromatic rings. The molecule has 2 nitrogen and oxygen atoms in total. The fourth-order valence-corrected chi connectivity index (χ4v) is 0.990. The normalized spacial score (nSPS) is 14.0. The molecule has 0 unspecified atom stereocenters. The second-order valence-corrected chi connectivity index (χ2v) is 4.72. The van der Waals surface area contributed by atoms with Gasteiger partial charge >= 0.3 is 0 Å². The summed E-state index contributed by atoms with van der Waals surface area (Å²) in [5.74, 6) is 0.00968. The summed E-state index contributed by atoms with van der Waals surface area (Å²) in [6.45, 7) is 10.6. The predicted octanol–water partition coefficient (Wildman–Crippen LogP) is 3.06. The molecule has 0 aliphatic rings. The van der Waals surface area contributed by atoms with E-state index in [9.17, 15) is 4.79 Å².